The number of carbonyl (C=O) groups excluding carboxylic acids is 2. The van der Waals surface area contributed by atoms with Crippen molar-refractivity contribution in [3.05, 3.63) is 47.5 Å². The molecule has 0 spiro atoms. The van der Waals surface area contributed by atoms with Gasteiger partial charge in [-0.05, 0) is 31.4 Å². The number of rotatable bonds is 6. The lowest BCUT2D eigenvalue weighted by Gasteiger charge is -2.24. The third kappa shape index (κ3) is 4.35. The molecule has 10 heteroatoms. The number of imidazole rings is 1. The summed E-state index contributed by atoms with van der Waals surface area (Å²) in [6.07, 6.45) is 2.08. The quantitative estimate of drug-likeness (QED) is 0.414. The summed E-state index contributed by atoms with van der Waals surface area (Å²) in [5, 5.41) is 2.87. The summed E-state index contributed by atoms with van der Waals surface area (Å²) in [7, 11) is 3.17. The Labute approximate surface area is 196 Å². The minimum Gasteiger partial charge on any atom is -0.382 e. The van der Waals surface area contributed by atoms with Crippen LogP contribution in [-0.2, 0) is 14.3 Å². The first-order chi connectivity index (χ1) is 16.5. The van der Waals surface area contributed by atoms with Crippen molar-refractivity contribution in [1.29, 1.82) is 0 Å². The second-order valence-electron chi connectivity index (χ2n) is 7.95. The number of fused-ring (bicyclic) bond motifs is 1. The van der Waals surface area contributed by atoms with Gasteiger partial charge in [-0.25, -0.2) is 15.0 Å². The number of nitrogens with zero attached hydrogens (tertiary/aromatic N) is 4. The van der Waals surface area contributed by atoms with Crippen molar-refractivity contribution in [3.8, 4) is 11.8 Å². The highest BCUT2D eigenvalue weighted by atomic mass is 16.5. The number of nitrogens with two attached hydrogens (primary N) is 1. The monoisotopic (exact) mass is 462 g/mol. The number of amides is 1. The largest absolute Gasteiger partial charge is 0.382 e. The maximum Gasteiger partial charge on any atom is 0.225 e. The van der Waals surface area contributed by atoms with Crippen molar-refractivity contribution in [2.24, 2.45) is 5.92 Å². The van der Waals surface area contributed by atoms with Crippen LogP contribution in [0.5, 0.6) is 0 Å². The predicted molar refractivity (Wildman–Crippen MR) is 125 cm³/mol. The van der Waals surface area contributed by atoms with Gasteiger partial charge in [0.2, 0.25) is 11.7 Å². The van der Waals surface area contributed by atoms with Crippen LogP contribution in [0.2, 0.25) is 0 Å². The maximum absolute atomic E-state index is 12.7. The average molecular weight is 463 g/mol. The second-order valence-corrected chi connectivity index (χ2v) is 7.95. The van der Waals surface area contributed by atoms with Crippen molar-refractivity contribution in [2.45, 2.75) is 31.6 Å². The van der Waals surface area contributed by atoms with Crippen molar-refractivity contribution in [3.63, 3.8) is 0 Å². The molecule has 10 nitrogen and oxygen atoms in total. The van der Waals surface area contributed by atoms with Gasteiger partial charge in [0.1, 0.15) is 17.9 Å². The van der Waals surface area contributed by atoms with Crippen molar-refractivity contribution in [2.75, 3.05) is 26.5 Å². The maximum atomic E-state index is 12.7. The number of hydrogen-bond donors (Lipinski definition) is 2. The van der Waals surface area contributed by atoms with Crippen LogP contribution in [0.1, 0.15) is 41.1 Å². The molecule has 0 bridgehead atoms. The Morgan fingerprint density at radius 3 is 2.59 bits per heavy atom. The van der Waals surface area contributed by atoms with Gasteiger partial charge in [-0.2, -0.15) is 0 Å². The molecule has 4 atom stereocenters. The highest BCUT2D eigenvalue weighted by Crippen LogP contribution is 2.40. The zero-order valence-electron chi connectivity index (χ0n) is 19.2. The van der Waals surface area contributed by atoms with Crippen LogP contribution in [-0.4, -0.2) is 64.7 Å². The molecule has 2 heterocycles. The minimum absolute atomic E-state index is 0.0791. The first-order valence-corrected chi connectivity index (χ1v) is 10.9. The van der Waals surface area contributed by atoms with Crippen LogP contribution in [0, 0.1) is 17.8 Å². The van der Waals surface area contributed by atoms with E-state index in [4.69, 9.17) is 15.2 Å². The van der Waals surface area contributed by atoms with E-state index in [-0.39, 0.29) is 29.5 Å². The van der Waals surface area contributed by atoms with E-state index in [9.17, 15) is 9.59 Å². The number of aromatic nitrogens is 4. The number of methoxy groups -OCH3 is 2. The number of ether oxygens (including phenoxy) is 2. The summed E-state index contributed by atoms with van der Waals surface area (Å²) in [6.45, 7) is 2.41. The predicted octanol–water partition coefficient (Wildman–Crippen LogP) is 1.35. The highest BCUT2D eigenvalue weighted by molar-refractivity contribution is 5.83. The molecule has 176 valence electrons. The number of benzene rings is 1. The zero-order valence-corrected chi connectivity index (χ0v) is 19.2. The number of nitrogen functional groups attached to an aromatic ring is 1. The van der Waals surface area contributed by atoms with Gasteiger partial charge < -0.3 is 25.1 Å². The van der Waals surface area contributed by atoms with Crippen molar-refractivity contribution in [1.82, 2.24) is 24.8 Å². The molecular weight excluding hydrogens is 436 g/mol. The van der Waals surface area contributed by atoms with E-state index in [0.29, 0.717) is 35.3 Å². The first kappa shape index (κ1) is 23.4. The topological polar surface area (TPSA) is 134 Å². The smallest absolute Gasteiger partial charge is 0.225 e. The fraction of sp³-hybridized carbons (Fsp3) is 0.375. The number of anilines is 1. The van der Waals surface area contributed by atoms with Crippen LogP contribution in [0.15, 0.2) is 30.6 Å². The average Bonchev–Trinajstić information content (AvgIpc) is 3.44. The Hall–Kier alpha value is -3.81. The Morgan fingerprint density at radius 2 is 1.94 bits per heavy atom. The summed E-state index contributed by atoms with van der Waals surface area (Å²) in [5.41, 5.74) is 8.40. The Balaban J connectivity index is 1.71. The van der Waals surface area contributed by atoms with E-state index in [1.165, 1.54) is 0 Å². The molecular formula is C24H26N6O4. The molecule has 0 aliphatic heterocycles. The van der Waals surface area contributed by atoms with E-state index in [1.54, 1.807) is 44.8 Å². The van der Waals surface area contributed by atoms with Gasteiger partial charge in [0.05, 0.1) is 24.4 Å². The molecule has 3 N–H and O–H groups in total. The Morgan fingerprint density at radius 1 is 1.21 bits per heavy atom. The van der Waals surface area contributed by atoms with Crippen LogP contribution in [0.3, 0.4) is 0 Å². The lowest BCUT2D eigenvalue weighted by atomic mass is 10.0. The van der Waals surface area contributed by atoms with Gasteiger partial charge in [-0.3, -0.25) is 9.59 Å². The van der Waals surface area contributed by atoms with Crippen molar-refractivity contribution < 1.29 is 19.1 Å². The third-order valence-electron chi connectivity index (χ3n) is 6.00. The van der Waals surface area contributed by atoms with Gasteiger partial charge in [0.25, 0.3) is 0 Å². The standard InChI is InChI=1S/C24H26N6O4/c1-4-26-24(32)16-11-17(21(34-3)20(16)33-2)30-13-27-19-22(25)28-18(29-23(19)30)10-9-14-5-7-15(12-31)8-6-14/h5-8,12-13,16-17,20-21H,4,11H2,1-3H3,(H,26,32)(H2,25,28,29)/t16-,17+,20+,21-/m0/s1. The molecule has 1 aromatic carbocycles. The fourth-order valence-corrected chi connectivity index (χ4v) is 4.41. The summed E-state index contributed by atoms with van der Waals surface area (Å²) in [5.74, 6) is 5.89. The molecule has 1 amide bonds. The fourth-order valence-electron chi connectivity index (χ4n) is 4.41. The molecule has 0 saturated heterocycles. The SMILES string of the molecule is CCNC(=O)[C@H]1C[C@@H](n2cnc3c(N)nc(C#Cc4ccc(C=O)cc4)nc32)[C@H](OC)[C@@H]1OC. The van der Waals surface area contributed by atoms with Gasteiger partial charge in [-0.15, -0.1) is 0 Å². The minimum atomic E-state index is -0.424. The highest BCUT2D eigenvalue weighted by Gasteiger charge is 2.48. The Bertz CT molecular complexity index is 1260. The molecule has 1 saturated carbocycles. The normalized spacial score (nSPS) is 21.7. The van der Waals surface area contributed by atoms with Crippen LogP contribution in [0.4, 0.5) is 5.82 Å². The lowest BCUT2D eigenvalue weighted by molar-refractivity contribution is -0.130. The molecule has 2 aromatic heterocycles. The molecule has 1 fully saturated rings. The number of carbonyl (C=O) groups is 2. The van der Waals surface area contributed by atoms with Crippen LogP contribution < -0.4 is 11.1 Å². The number of aldehydes is 1. The van der Waals surface area contributed by atoms with Crippen molar-refractivity contribution >= 4 is 29.2 Å². The molecule has 0 unspecified atom stereocenters. The van der Waals surface area contributed by atoms with Crippen LogP contribution >= 0.6 is 0 Å². The molecule has 3 aromatic rings. The van der Waals surface area contributed by atoms with E-state index in [2.05, 4.69) is 32.1 Å². The van der Waals surface area contributed by atoms with Crippen LogP contribution in [0.25, 0.3) is 11.2 Å². The number of nitrogens with one attached hydrogen (secondary N) is 1. The molecule has 4 rings (SSSR count). The molecule has 1 aliphatic rings. The zero-order chi connectivity index (χ0) is 24.2. The Kier molecular flexibility index (Phi) is 6.86. The molecule has 34 heavy (non-hydrogen) atoms. The summed E-state index contributed by atoms with van der Waals surface area (Å²) < 4.78 is 13.3. The second kappa shape index (κ2) is 9.99. The number of hydrogen-bond acceptors (Lipinski definition) is 8. The van der Waals surface area contributed by atoms with Gasteiger partial charge >= 0.3 is 0 Å². The van der Waals surface area contributed by atoms with E-state index in [1.807, 2.05) is 11.5 Å². The summed E-state index contributed by atoms with van der Waals surface area (Å²) in [4.78, 5) is 36.8. The van der Waals surface area contributed by atoms with E-state index in [0.717, 1.165) is 6.29 Å². The van der Waals surface area contributed by atoms with E-state index < -0.39 is 12.2 Å². The first-order valence-electron chi connectivity index (χ1n) is 10.9. The van der Waals surface area contributed by atoms with Gasteiger partial charge in [0.15, 0.2) is 11.5 Å². The van der Waals surface area contributed by atoms with Gasteiger partial charge in [-0.1, -0.05) is 18.1 Å². The molecule has 1 aliphatic carbocycles. The van der Waals surface area contributed by atoms with Gasteiger partial charge in [0, 0.05) is 31.9 Å². The molecule has 0 radical (unpaired) electrons. The van der Waals surface area contributed by atoms with E-state index >= 15 is 0 Å². The summed E-state index contributed by atoms with van der Waals surface area (Å²) >= 11 is 0. The third-order valence-corrected chi connectivity index (χ3v) is 6.00. The summed E-state index contributed by atoms with van der Waals surface area (Å²) in [6, 6.07) is 6.62. The lowest BCUT2D eigenvalue weighted by Crippen LogP contribution is -2.40.